The van der Waals surface area contributed by atoms with Crippen LogP contribution in [0.25, 0.3) is 0 Å². The van der Waals surface area contributed by atoms with Crippen LogP contribution in [0.1, 0.15) is 34.3 Å². The molecule has 0 spiro atoms. The van der Waals surface area contributed by atoms with Crippen molar-refractivity contribution in [3.8, 4) is 0 Å². The second kappa shape index (κ2) is 5.98. The molecule has 120 valence electrons. The Hall–Kier alpha value is -1.44. The maximum Gasteiger partial charge on any atom is 0.335 e. The number of hydrogen-bond donors (Lipinski definition) is 1. The van der Waals surface area contributed by atoms with E-state index in [1.54, 1.807) is 20.7 Å². The summed E-state index contributed by atoms with van der Waals surface area (Å²) in [4.78, 5) is 11.1. The van der Waals surface area contributed by atoms with E-state index in [0.717, 1.165) is 24.0 Å². The lowest BCUT2D eigenvalue weighted by Crippen LogP contribution is -2.43. The lowest BCUT2D eigenvalue weighted by Gasteiger charge is -2.25. The van der Waals surface area contributed by atoms with Gasteiger partial charge in [0.1, 0.15) is 0 Å². The smallest absolute Gasteiger partial charge is 0.335 e. The van der Waals surface area contributed by atoms with Gasteiger partial charge in [0.05, 0.1) is 5.56 Å². The van der Waals surface area contributed by atoms with Crippen molar-refractivity contribution in [3.05, 3.63) is 34.9 Å². The maximum absolute atomic E-state index is 12.6. The first-order valence-electron chi connectivity index (χ1n) is 7.59. The first-order valence-corrected chi connectivity index (χ1v) is 8.98. The standard InChI is InChI=1S/C15H20N2O4S/c18-15(19)14-4-3-12-5-9-17(10-6-13(12)11-14)22(20,21)16-7-1-2-8-16/h3-4,11H,1-2,5-10H2,(H,18,19). The highest BCUT2D eigenvalue weighted by Crippen LogP contribution is 2.22. The quantitative estimate of drug-likeness (QED) is 0.904. The van der Waals surface area contributed by atoms with Crippen molar-refractivity contribution in [1.82, 2.24) is 8.61 Å². The fourth-order valence-corrected chi connectivity index (χ4v) is 4.84. The molecule has 1 aromatic carbocycles. The molecule has 1 fully saturated rings. The predicted molar refractivity (Wildman–Crippen MR) is 82.1 cm³/mol. The molecule has 0 atom stereocenters. The van der Waals surface area contributed by atoms with Gasteiger partial charge in [0, 0.05) is 26.2 Å². The summed E-state index contributed by atoms with van der Waals surface area (Å²) in [6.07, 6.45) is 3.04. The molecule has 22 heavy (non-hydrogen) atoms. The van der Waals surface area contributed by atoms with E-state index in [-0.39, 0.29) is 5.56 Å². The number of carboxylic acid groups (broad SMARTS) is 1. The van der Waals surface area contributed by atoms with E-state index < -0.39 is 16.2 Å². The van der Waals surface area contributed by atoms with E-state index in [2.05, 4.69) is 0 Å². The molecule has 1 N–H and O–H groups in total. The van der Waals surface area contributed by atoms with Crippen LogP contribution < -0.4 is 0 Å². The van der Waals surface area contributed by atoms with Gasteiger partial charge in [-0.3, -0.25) is 0 Å². The molecule has 0 aliphatic carbocycles. The Morgan fingerprint density at radius 2 is 1.55 bits per heavy atom. The summed E-state index contributed by atoms with van der Waals surface area (Å²) in [5, 5.41) is 9.07. The van der Waals surface area contributed by atoms with E-state index in [9.17, 15) is 13.2 Å². The van der Waals surface area contributed by atoms with E-state index >= 15 is 0 Å². The molecule has 0 unspecified atom stereocenters. The number of benzene rings is 1. The molecule has 0 aromatic heterocycles. The Kier molecular flexibility index (Phi) is 4.20. The van der Waals surface area contributed by atoms with Crippen molar-refractivity contribution in [1.29, 1.82) is 0 Å². The van der Waals surface area contributed by atoms with Crippen molar-refractivity contribution in [3.63, 3.8) is 0 Å². The maximum atomic E-state index is 12.6. The molecule has 6 nitrogen and oxygen atoms in total. The van der Waals surface area contributed by atoms with Crippen LogP contribution in [0.3, 0.4) is 0 Å². The van der Waals surface area contributed by atoms with Gasteiger partial charge in [-0.2, -0.15) is 17.0 Å². The Morgan fingerprint density at radius 1 is 0.955 bits per heavy atom. The van der Waals surface area contributed by atoms with Crippen molar-refractivity contribution in [2.24, 2.45) is 0 Å². The minimum absolute atomic E-state index is 0.259. The summed E-state index contributed by atoms with van der Waals surface area (Å²) in [6, 6.07) is 5.07. The zero-order valence-electron chi connectivity index (χ0n) is 12.4. The van der Waals surface area contributed by atoms with Gasteiger partial charge in [-0.1, -0.05) is 6.07 Å². The van der Waals surface area contributed by atoms with Crippen LogP contribution in [0.4, 0.5) is 0 Å². The highest BCUT2D eigenvalue weighted by Gasteiger charge is 2.32. The molecule has 7 heteroatoms. The Balaban J connectivity index is 1.79. The topological polar surface area (TPSA) is 77.9 Å². The van der Waals surface area contributed by atoms with E-state index in [1.807, 2.05) is 6.07 Å². The van der Waals surface area contributed by atoms with Gasteiger partial charge < -0.3 is 5.11 Å². The van der Waals surface area contributed by atoms with Gasteiger partial charge in [-0.25, -0.2) is 4.79 Å². The highest BCUT2D eigenvalue weighted by atomic mass is 32.2. The lowest BCUT2D eigenvalue weighted by molar-refractivity contribution is 0.0696. The number of hydrogen-bond acceptors (Lipinski definition) is 3. The molecule has 2 aliphatic heterocycles. The molecule has 0 amide bonds. The molecule has 2 aliphatic rings. The Labute approximate surface area is 130 Å². The van der Waals surface area contributed by atoms with Gasteiger partial charge in [0.2, 0.25) is 0 Å². The Morgan fingerprint density at radius 3 is 2.18 bits per heavy atom. The average molecular weight is 324 g/mol. The molecule has 3 rings (SSSR count). The zero-order chi connectivity index (χ0) is 15.7. The van der Waals surface area contributed by atoms with E-state index in [4.69, 9.17) is 5.11 Å². The number of fused-ring (bicyclic) bond motifs is 1. The van der Waals surface area contributed by atoms with E-state index in [0.29, 0.717) is 39.0 Å². The monoisotopic (exact) mass is 324 g/mol. The van der Waals surface area contributed by atoms with Crippen LogP contribution in [0.5, 0.6) is 0 Å². The van der Waals surface area contributed by atoms with Gasteiger partial charge >= 0.3 is 5.97 Å². The van der Waals surface area contributed by atoms with Crippen molar-refractivity contribution in [2.75, 3.05) is 26.2 Å². The normalized spacial score (nSPS) is 20.5. The number of rotatable bonds is 3. The molecule has 2 heterocycles. The van der Waals surface area contributed by atoms with Crippen LogP contribution in [0, 0.1) is 0 Å². The fourth-order valence-electron chi connectivity index (χ4n) is 3.15. The van der Waals surface area contributed by atoms with Crippen LogP contribution in [-0.2, 0) is 23.1 Å². The number of aromatic carboxylic acids is 1. The zero-order valence-corrected chi connectivity index (χ0v) is 13.2. The molecule has 1 aromatic rings. The third-order valence-electron chi connectivity index (χ3n) is 4.43. The largest absolute Gasteiger partial charge is 0.478 e. The molecule has 1 saturated heterocycles. The van der Waals surface area contributed by atoms with Crippen LogP contribution in [0.15, 0.2) is 18.2 Å². The SMILES string of the molecule is O=C(O)c1ccc2c(c1)CCN(S(=O)(=O)N1CCCC1)CC2. The van der Waals surface area contributed by atoms with Gasteiger partial charge in [-0.15, -0.1) is 0 Å². The van der Waals surface area contributed by atoms with Crippen molar-refractivity contribution < 1.29 is 18.3 Å². The van der Waals surface area contributed by atoms with Crippen molar-refractivity contribution >= 4 is 16.2 Å². The minimum atomic E-state index is -3.38. The second-order valence-electron chi connectivity index (χ2n) is 5.80. The number of carbonyl (C=O) groups is 1. The third-order valence-corrected chi connectivity index (χ3v) is 6.47. The van der Waals surface area contributed by atoms with Crippen LogP contribution in [0.2, 0.25) is 0 Å². The predicted octanol–water partition coefficient (Wildman–Crippen LogP) is 1.13. The minimum Gasteiger partial charge on any atom is -0.478 e. The average Bonchev–Trinajstić information content (AvgIpc) is 2.94. The summed E-state index contributed by atoms with van der Waals surface area (Å²) in [5.74, 6) is -0.950. The molecule has 0 radical (unpaired) electrons. The fraction of sp³-hybridized carbons (Fsp3) is 0.533. The van der Waals surface area contributed by atoms with Gasteiger partial charge in [-0.05, 0) is 48.9 Å². The van der Waals surface area contributed by atoms with E-state index in [1.165, 1.54) is 0 Å². The summed E-state index contributed by atoms with van der Waals surface area (Å²) in [7, 11) is -3.38. The number of nitrogens with zero attached hydrogens (tertiary/aromatic N) is 2. The van der Waals surface area contributed by atoms with Crippen LogP contribution in [-0.4, -0.2) is 54.3 Å². The third kappa shape index (κ3) is 2.88. The molecule has 0 bridgehead atoms. The highest BCUT2D eigenvalue weighted by molar-refractivity contribution is 7.86. The van der Waals surface area contributed by atoms with Crippen molar-refractivity contribution in [2.45, 2.75) is 25.7 Å². The van der Waals surface area contributed by atoms with Gasteiger partial charge in [0.25, 0.3) is 10.2 Å². The summed E-state index contributed by atoms with van der Waals surface area (Å²) >= 11 is 0. The first kappa shape index (κ1) is 15.5. The first-order chi connectivity index (χ1) is 10.5. The molecular weight excluding hydrogens is 304 g/mol. The second-order valence-corrected chi connectivity index (χ2v) is 7.73. The summed E-state index contributed by atoms with van der Waals surface area (Å²) < 4.78 is 28.4. The summed E-state index contributed by atoms with van der Waals surface area (Å²) in [5.41, 5.74) is 2.25. The van der Waals surface area contributed by atoms with Crippen LogP contribution >= 0.6 is 0 Å². The van der Waals surface area contributed by atoms with Gasteiger partial charge in [0.15, 0.2) is 0 Å². The Bertz CT molecular complexity index is 681. The summed E-state index contributed by atoms with van der Waals surface area (Å²) in [6.45, 7) is 2.08. The number of carboxylic acids is 1. The molecular formula is C15H20N2O4S. The molecule has 0 saturated carbocycles. The lowest BCUT2D eigenvalue weighted by atomic mass is 10.0.